The summed E-state index contributed by atoms with van der Waals surface area (Å²) in [6, 6.07) is 3.43. The smallest absolute Gasteiger partial charge is 0.306 e. The fourth-order valence-electron chi connectivity index (χ4n) is 3.51. The van der Waals surface area contributed by atoms with Crippen molar-refractivity contribution in [2.24, 2.45) is 5.92 Å². The molecule has 10 heteroatoms. The van der Waals surface area contributed by atoms with Gasteiger partial charge in [-0.2, -0.15) is 5.10 Å². The van der Waals surface area contributed by atoms with Crippen molar-refractivity contribution in [2.45, 2.75) is 58.0 Å². The van der Waals surface area contributed by atoms with Crippen molar-refractivity contribution in [3.8, 4) is 0 Å². The average Bonchev–Trinajstić information content (AvgIpc) is 3.16. The zero-order valence-electron chi connectivity index (χ0n) is 16.9. The summed E-state index contributed by atoms with van der Waals surface area (Å²) in [5.74, 6) is -0.595. The minimum Gasteiger partial charge on any atom is -0.463 e. The normalized spacial score (nSPS) is 26.8. The fraction of sp³-hybridized carbons (Fsp3) is 0.579. The van der Waals surface area contributed by atoms with E-state index >= 15 is 0 Å². The number of fused-ring (bicyclic) bond motifs is 1. The minimum atomic E-state index is -1.29. The summed E-state index contributed by atoms with van der Waals surface area (Å²) >= 11 is 0. The molecule has 1 aliphatic rings. The van der Waals surface area contributed by atoms with Crippen molar-refractivity contribution in [1.29, 1.82) is 0 Å². The molecule has 2 aromatic rings. The van der Waals surface area contributed by atoms with Gasteiger partial charge in [0.2, 0.25) is 0 Å². The van der Waals surface area contributed by atoms with Crippen LogP contribution in [-0.4, -0.2) is 56.6 Å². The largest absolute Gasteiger partial charge is 0.463 e. The van der Waals surface area contributed by atoms with Gasteiger partial charge in [0, 0.05) is 13.3 Å². The number of aliphatic hydroxyl groups is 1. The number of esters is 2. The van der Waals surface area contributed by atoms with Gasteiger partial charge in [0.1, 0.15) is 36.3 Å². The number of nitrogen functional groups attached to an aromatic ring is 1. The highest BCUT2D eigenvalue weighted by atomic mass is 16.6. The highest BCUT2D eigenvalue weighted by Crippen LogP contribution is 2.41. The lowest BCUT2D eigenvalue weighted by Crippen LogP contribution is -2.42. The number of nitrogens with two attached hydrogens (primary N) is 1. The molecule has 0 aliphatic carbocycles. The first kappa shape index (κ1) is 21.0. The van der Waals surface area contributed by atoms with E-state index in [1.165, 1.54) is 17.8 Å². The predicted molar refractivity (Wildman–Crippen MR) is 102 cm³/mol. The van der Waals surface area contributed by atoms with Gasteiger partial charge in [0.05, 0.1) is 5.69 Å². The Morgan fingerprint density at radius 2 is 2.14 bits per heavy atom. The maximum Gasteiger partial charge on any atom is 0.306 e. The third-order valence-corrected chi connectivity index (χ3v) is 4.92. The number of hydrogen-bond acceptors (Lipinski definition) is 9. The van der Waals surface area contributed by atoms with E-state index in [0.717, 1.165) is 0 Å². The molecule has 0 spiro atoms. The molecular formula is C19H26N4O6. The van der Waals surface area contributed by atoms with Gasteiger partial charge in [-0.15, -0.1) is 0 Å². The fourth-order valence-corrected chi connectivity index (χ4v) is 3.51. The van der Waals surface area contributed by atoms with Crippen LogP contribution in [0.1, 0.15) is 39.8 Å². The summed E-state index contributed by atoms with van der Waals surface area (Å²) in [5, 5.41) is 15.3. The molecule has 1 fully saturated rings. The van der Waals surface area contributed by atoms with Gasteiger partial charge in [0.25, 0.3) is 0 Å². The zero-order chi connectivity index (χ0) is 21.3. The molecule has 10 nitrogen and oxygen atoms in total. The van der Waals surface area contributed by atoms with Crippen LogP contribution in [0.15, 0.2) is 18.5 Å². The second-order valence-electron chi connectivity index (χ2n) is 7.72. The Labute approximate surface area is 167 Å². The summed E-state index contributed by atoms with van der Waals surface area (Å²) in [7, 11) is 0. The molecule has 3 heterocycles. The van der Waals surface area contributed by atoms with Gasteiger partial charge >= 0.3 is 11.9 Å². The van der Waals surface area contributed by atoms with Crippen molar-refractivity contribution >= 4 is 23.3 Å². The maximum atomic E-state index is 12.3. The van der Waals surface area contributed by atoms with E-state index in [1.54, 1.807) is 19.1 Å². The van der Waals surface area contributed by atoms with Crippen LogP contribution in [0.5, 0.6) is 0 Å². The van der Waals surface area contributed by atoms with E-state index < -0.39 is 35.9 Å². The van der Waals surface area contributed by atoms with Crippen molar-refractivity contribution in [3.05, 3.63) is 24.2 Å². The molecule has 4 atom stereocenters. The Balaban J connectivity index is 1.95. The summed E-state index contributed by atoms with van der Waals surface area (Å²) in [6.07, 6.45) is -1.60. The molecule has 2 aromatic heterocycles. The Morgan fingerprint density at radius 1 is 1.41 bits per heavy atom. The van der Waals surface area contributed by atoms with E-state index in [-0.39, 0.29) is 24.8 Å². The number of nitrogens with zero attached hydrogens (tertiary/aromatic N) is 3. The number of rotatable bonds is 6. The summed E-state index contributed by atoms with van der Waals surface area (Å²) in [4.78, 5) is 27.5. The van der Waals surface area contributed by atoms with Crippen molar-refractivity contribution in [1.82, 2.24) is 14.6 Å². The Hall–Kier alpha value is -2.72. The van der Waals surface area contributed by atoms with Gasteiger partial charge in [0.15, 0.2) is 11.9 Å². The van der Waals surface area contributed by atoms with Crippen LogP contribution in [0.3, 0.4) is 0 Å². The molecule has 3 rings (SSSR count). The van der Waals surface area contributed by atoms with Crippen molar-refractivity contribution in [2.75, 3.05) is 12.3 Å². The highest BCUT2D eigenvalue weighted by Gasteiger charge is 2.56. The van der Waals surface area contributed by atoms with Crippen LogP contribution >= 0.6 is 0 Å². The van der Waals surface area contributed by atoms with Crippen LogP contribution in [0.25, 0.3) is 5.52 Å². The zero-order valence-corrected chi connectivity index (χ0v) is 16.9. The lowest BCUT2D eigenvalue weighted by atomic mass is 9.93. The number of anilines is 1. The monoisotopic (exact) mass is 406 g/mol. The van der Waals surface area contributed by atoms with Gasteiger partial charge in [-0.25, -0.2) is 9.50 Å². The Kier molecular flexibility index (Phi) is 5.76. The van der Waals surface area contributed by atoms with Crippen molar-refractivity contribution in [3.63, 3.8) is 0 Å². The Morgan fingerprint density at radius 3 is 2.79 bits per heavy atom. The van der Waals surface area contributed by atoms with E-state index in [9.17, 15) is 14.7 Å². The molecule has 29 heavy (non-hydrogen) atoms. The summed E-state index contributed by atoms with van der Waals surface area (Å²) in [6.45, 7) is 6.54. The third-order valence-electron chi connectivity index (χ3n) is 4.92. The second kappa shape index (κ2) is 7.96. The molecule has 0 saturated carbocycles. The van der Waals surface area contributed by atoms with Gasteiger partial charge in [-0.05, 0) is 25.0 Å². The lowest BCUT2D eigenvalue weighted by Gasteiger charge is -2.27. The molecule has 1 saturated heterocycles. The molecule has 1 aliphatic heterocycles. The van der Waals surface area contributed by atoms with Crippen LogP contribution in [0, 0.1) is 5.92 Å². The number of aromatic nitrogens is 3. The van der Waals surface area contributed by atoms with Gasteiger partial charge in [-0.1, -0.05) is 13.8 Å². The third kappa shape index (κ3) is 4.03. The van der Waals surface area contributed by atoms with Gasteiger partial charge in [-0.3, -0.25) is 9.59 Å². The number of carbonyl (C=O) groups is 2. The van der Waals surface area contributed by atoms with Gasteiger partial charge < -0.3 is 25.1 Å². The molecule has 0 amide bonds. The molecule has 158 valence electrons. The first-order chi connectivity index (χ1) is 13.6. The first-order valence-electron chi connectivity index (χ1n) is 9.41. The SMILES string of the molecule is CC(=O)OC[C@H]1O[C@@](C)(c2ccc3c(N)ncnn23)[C@H](O)[C@@H]1OC(=O)CC(C)C. The second-order valence-corrected chi connectivity index (χ2v) is 7.72. The van der Waals surface area contributed by atoms with Crippen LogP contribution < -0.4 is 5.73 Å². The maximum absolute atomic E-state index is 12.3. The number of hydrogen-bond donors (Lipinski definition) is 2. The lowest BCUT2D eigenvalue weighted by molar-refractivity contribution is -0.160. The van der Waals surface area contributed by atoms with Crippen LogP contribution in [-0.2, 0) is 29.4 Å². The van der Waals surface area contributed by atoms with E-state index in [1.807, 2.05) is 13.8 Å². The summed E-state index contributed by atoms with van der Waals surface area (Å²) in [5.41, 5.74) is 5.66. The molecule has 0 aromatic carbocycles. The molecule has 3 N–H and O–H groups in total. The Bertz CT molecular complexity index is 913. The minimum absolute atomic E-state index is 0.0921. The quantitative estimate of drug-likeness (QED) is 0.667. The number of aliphatic hydroxyl groups excluding tert-OH is 1. The van der Waals surface area contributed by atoms with Crippen LogP contribution in [0.4, 0.5) is 5.82 Å². The highest BCUT2D eigenvalue weighted by molar-refractivity contribution is 5.70. The molecular weight excluding hydrogens is 380 g/mol. The van der Waals surface area contributed by atoms with E-state index in [4.69, 9.17) is 19.9 Å². The van der Waals surface area contributed by atoms with Crippen molar-refractivity contribution < 1.29 is 28.9 Å². The predicted octanol–water partition coefficient (Wildman–Crippen LogP) is 0.807. The number of ether oxygens (including phenoxy) is 3. The van der Waals surface area contributed by atoms with E-state index in [2.05, 4.69) is 10.1 Å². The first-order valence-corrected chi connectivity index (χ1v) is 9.41. The molecule has 0 unspecified atom stereocenters. The number of carbonyl (C=O) groups excluding carboxylic acids is 2. The van der Waals surface area contributed by atoms with Crippen LogP contribution in [0.2, 0.25) is 0 Å². The molecule has 0 radical (unpaired) electrons. The van der Waals surface area contributed by atoms with E-state index in [0.29, 0.717) is 11.2 Å². The average molecular weight is 406 g/mol. The topological polar surface area (TPSA) is 138 Å². The summed E-state index contributed by atoms with van der Waals surface area (Å²) < 4.78 is 18.2. The molecule has 0 bridgehead atoms. The standard InChI is InChI=1S/C19H26N4O6/c1-10(2)7-15(25)28-16-13(8-27-11(3)24)29-19(4,17(16)26)14-6-5-12-18(20)21-9-22-23(12)14/h5-6,9-10,13,16-17,26H,7-8H2,1-4H3,(H2,20,21,22)/t13-,16-,17-,19+/m1/s1.